The highest BCUT2D eigenvalue weighted by Crippen LogP contribution is 2.24. The van der Waals surface area contributed by atoms with E-state index in [9.17, 15) is 13.2 Å². The molecule has 0 aliphatic heterocycles. The molecule has 0 atom stereocenters. The molecule has 5 nitrogen and oxygen atoms in total. The lowest BCUT2D eigenvalue weighted by molar-refractivity contribution is -0.119. The Balaban J connectivity index is 2.19. The van der Waals surface area contributed by atoms with Gasteiger partial charge in [0.25, 0.3) is 10.0 Å². The summed E-state index contributed by atoms with van der Waals surface area (Å²) in [5, 5.41) is 2.99. The molecule has 0 aliphatic rings. The monoisotopic (exact) mass is 372 g/mol. The first-order valence-electron chi connectivity index (χ1n) is 6.58. The highest BCUT2D eigenvalue weighted by molar-refractivity contribution is 7.92. The van der Waals surface area contributed by atoms with Gasteiger partial charge >= 0.3 is 0 Å². The number of carbonyl (C=O) groups is 1. The number of likely N-dealkylation sites (N-methyl/N-ethyl adjacent to an activating group) is 1. The van der Waals surface area contributed by atoms with Crippen LogP contribution in [0.3, 0.4) is 0 Å². The average molecular weight is 373 g/mol. The van der Waals surface area contributed by atoms with E-state index in [2.05, 4.69) is 10.0 Å². The van der Waals surface area contributed by atoms with Crippen molar-refractivity contribution < 1.29 is 13.2 Å². The lowest BCUT2D eigenvalue weighted by Gasteiger charge is -2.09. The SMILES string of the molecule is CNC(=O)Cc1ccc(NS(=O)(=O)c2cc(Cl)cc(Cl)c2)cc1. The van der Waals surface area contributed by atoms with Crippen LogP contribution in [0.5, 0.6) is 0 Å². The average Bonchev–Trinajstić information content (AvgIpc) is 2.48. The van der Waals surface area contributed by atoms with E-state index in [0.29, 0.717) is 5.69 Å². The molecule has 2 N–H and O–H groups in total. The third-order valence-electron chi connectivity index (χ3n) is 3.00. The molecule has 2 aromatic rings. The second kappa shape index (κ2) is 7.21. The van der Waals surface area contributed by atoms with Gasteiger partial charge in [-0.25, -0.2) is 8.42 Å². The Morgan fingerprint density at radius 1 is 1.04 bits per heavy atom. The van der Waals surface area contributed by atoms with Gasteiger partial charge in [-0.1, -0.05) is 35.3 Å². The zero-order chi connectivity index (χ0) is 17.0. The van der Waals surface area contributed by atoms with E-state index in [1.54, 1.807) is 31.3 Å². The minimum Gasteiger partial charge on any atom is -0.359 e. The van der Waals surface area contributed by atoms with Crippen LogP contribution >= 0.6 is 23.2 Å². The molecule has 0 aromatic heterocycles. The van der Waals surface area contributed by atoms with Crippen LogP contribution in [-0.4, -0.2) is 21.4 Å². The molecule has 0 saturated heterocycles. The van der Waals surface area contributed by atoms with Crippen molar-refractivity contribution in [3.8, 4) is 0 Å². The van der Waals surface area contributed by atoms with Crippen molar-refractivity contribution in [3.05, 3.63) is 58.1 Å². The Kier molecular flexibility index (Phi) is 5.51. The summed E-state index contributed by atoms with van der Waals surface area (Å²) in [5.41, 5.74) is 1.15. The van der Waals surface area contributed by atoms with Crippen molar-refractivity contribution in [2.75, 3.05) is 11.8 Å². The van der Waals surface area contributed by atoms with Gasteiger partial charge in [-0.15, -0.1) is 0 Å². The van der Waals surface area contributed by atoms with E-state index in [1.165, 1.54) is 18.2 Å². The molecule has 0 unspecified atom stereocenters. The summed E-state index contributed by atoms with van der Waals surface area (Å²) in [5.74, 6) is -0.119. The number of hydrogen-bond donors (Lipinski definition) is 2. The van der Waals surface area contributed by atoms with Crippen molar-refractivity contribution in [1.29, 1.82) is 0 Å². The van der Waals surface area contributed by atoms with E-state index in [4.69, 9.17) is 23.2 Å². The first-order valence-corrected chi connectivity index (χ1v) is 8.82. The van der Waals surface area contributed by atoms with Crippen LogP contribution in [0.15, 0.2) is 47.4 Å². The zero-order valence-electron chi connectivity index (χ0n) is 12.1. The molecule has 8 heteroatoms. The maximum absolute atomic E-state index is 12.3. The molecule has 0 spiro atoms. The predicted octanol–water partition coefficient (Wildman–Crippen LogP) is 3.08. The Hall–Kier alpha value is -1.76. The van der Waals surface area contributed by atoms with E-state index in [-0.39, 0.29) is 27.3 Å². The van der Waals surface area contributed by atoms with E-state index in [0.717, 1.165) is 5.56 Å². The summed E-state index contributed by atoms with van der Waals surface area (Å²) >= 11 is 11.7. The predicted molar refractivity (Wildman–Crippen MR) is 91.5 cm³/mol. The highest BCUT2D eigenvalue weighted by atomic mass is 35.5. The summed E-state index contributed by atoms with van der Waals surface area (Å²) in [4.78, 5) is 11.3. The van der Waals surface area contributed by atoms with Crippen LogP contribution < -0.4 is 10.0 Å². The molecule has 0 bridgehead atoms. The van der Waals surface area contributed by atoms with Gasteiger partial charge in [0.2, 0.25) is 5.91 Å². The molecule has 0 aliphatic carbocycles. The van der Waals surface area contributed by atoms with Gasteiger partial charge in [0.15, 0.2) is 0 Å². The maximum Gasteiger partial charge on any atom is 0.261 e. The Morgan fingerprint density at radius 3 is 2.13 bits per heavy atom. The van der Waals surface area contributed by atoms with Crippen molar-refractivity contribution in [2.24, 2.45) is 0 Å². The fourth-order valence-electron chi connectivity index (χ4n) is 1.86. The maximum atomic E-state index is 12.3. The lowest BCUT2D eigenvalue weighted by Crippen LogP contribution is -2.19. The second-order valence-electron chi connectivity index (χ2n) is 4.76. The number of benzene rings is 2. The van der Waals surface area contributed by atoms with E-state index < -0.39 is 10.0 Å². The quantitative estimate of drug-likeness (QED) is 0.846. The van der Waals surface area contributed by atoms with Crippen LogP contribution in [0.4, 0.5) is 5.69 Å². The number of halogens is 2. The smallest absolute Gasteiger partial charge is 0.261 e. The van der Waals surface area contributed by atoms with Gasteiger partial charge in [0.1, 0.15) is 0 Å². The molecule has 122 valence electrons. The number of amides is 1. The largest absolute Gasteiger partial charge is 0.359 e. The normalized spacial score (nSPS) is 11.1. The summed E-state index contributed by atoms with van der Waals surface area (Å²) < 4.78 is 27.1. The van der Waals surface area contributed by atoms with Gasteiger partial charge in [-0.05, 0) is 35.9 Å². The number of anilines is 1. The summed E-state index contributed by atoms with van der Waals surface area (Å²) in [6, 6.07) is 10.6. The molecule has 0 fully saturated rings. The van der Waals surface area contributed by atoms with Gasteiger partial charge < -0.3 is 5.32 Å². The number of carbonyl (C=O) groups excluding carboxylic acids is 1. The lowest BCUT2D eigenvalue weighted by atomic mass is 10.1. The van der Waals surface area contributed by atoms with Gasteiger partial charge in [0.05, 0.1) is 11.3 Å². The molecule has 0 radical (unpaired) electrons. The van der Waals surface area contributed by atoms with Crippen LogP contribution in [0.25, 0.3) is 0 Å². The van der Waals surface area contributed by atoms with E-state index >= 15 is 0 Å². The number of hydrogen-bond acceptors (Lipinski definition) is 3. The highest BCUT2D eigenvalue weighted by Gasteiger charge is 2.16. The molecular weight excluding hydrogens is 359 g/mol. The summed E-state index contributed by atoms with van der Waals surface area (Å²) in [6.45, 7) is 0. The van der Waals surface area contributed by atoms with Crippen LogP contribution in [-0.2, 0) is 21.2 Å². The fraction of sp³-hybridized carbons (Fsp3) is 0.133. The molecule has 0 heterocycles. The Labute approximate surface area is 144 Å². The van der Waals surface area contributed by atoms with Crippen molar-refractivity contribution in [1.82, 2.24) is 5.32 Å². The van der Waals surface area contributed by atoms with E-state index in [1.807, 2.05) is 0 Å². The third kappa shape index (κ3) is 4.86. The molecule has 2 rings (SSSR count). The molecule has 0 saturated carbocycles. The number of sulfonamides is 1. The number of rotatable bonds is 5. The van der Waals surface area contributed by atoms with Crippen LogP contribution in [0.2, 0.25) is 10.0 Å². The fourth-order valence-corrected chi connectivity index (χ4v) is 3.65. The summed E-state index contributed by atoms with van der Waals surface area (Å²) in [7, 11) is -2.24. The Bertz CT molecular complexity index is 801. The first kappa shape index (κ1) is 17.6. The van der Waals surface area contributed by atoms with Crippen molar-refractivity contribution in [3.63, 3.8) is 0 Å². The van der Waals surface area contributed by atoms with Crippen LogP contribution in [0.1, 0.15) is 5.56 Å². The third-order valence-corrected chi connectivity index (χ3v) is 4.79. The van der Waals surface area contributed by atoms with Crippen molar-refractivity contribution >= 4 is 44.8 Å². The minimum absolute atomic E-state index is 0.0237. The number of nitrogens with one attached hydrogen (secondary N) is 2. The zero-order valence-corrected chi connectivity index (χ0v) is 14.5. The van der Waals surface area contributed by atoms with Crippen molar-refractivity contribution in [2.45, 2.75) is 11.3 Å². The topological polar surface area (TPSA) is 75.3 Å². The van der Waals surface area contributed by atoms with Gasteiger partial charge in [-0.2, -0.15) is 0 Å². The summed E-state index contributed by atoms with van der Waals surface area (Å²) in [6.07, 6.45) is 0.230. The second-order valence-corrected chi connectivity index (χ2v) is 7.31. The molecule has 1 amide bonds. The van der Waals surface area contributed by atoms with Gasteiger partial charge in [0, 0.05) is 22.8 Å². The van der Waals surface area contributed by atoms with Gasteiger partial charge in [-0.3, -0.25) is 9.52 Å². The first-order chi connectivity index (χ1) is 10.8. The molecular formula is C15H14Cl2N2O3S. The van der Waals surface area contributed by atoms with Crippen LogP contribution in [0, 0.1) is 0 Å². The Morgan fingerprint density at radius 2 is 1.61 bits per heavy atom. The standard InChI is InChI=1S/C15H14Cl2N2O3S/c1-18-15(20)6-10-2-4-13(5-3-10)19-23(21,22)14-8-11(16)7-12(17)9-14/h2-5,7-9,19H,6H2,1H3,(H,18,20). The minimum atomic E-state index is -3.80. The molecule has 23 heavy (non-hydrogen) atoms. The molecule has 2 aromatic carbocycles.